The molecule has 1 aliphatic rings. The van der Waals surface area contributed by atoms with Crippen molar-refractivity contribution in [2.75, 3.05) is 37.7 Å². The second-order valence-corrected chi connectivity index (χ2v) is 8.56. The highest BCUT2D eigenvalue weighted by molar-refractivity contribution is 6.30. The van der Waals surface area contributed by atoms with Gasteiger partial charge in [0, 0.05) is 54.2 Å². The minimum absolute atomic E-state index is 0.197. The SMILES string of the molecule is Cc1nn(-c2ccccc2)c(C)c1/C=C/C(=O)OCC(=O)N1CCN(c2cccc(Cl)c2)CC1. The summed E-state index contributed by atoms with van der Waals surface area (Å²) in [6.07, 6.45) is 3.03. The normalized spacial score (nSPS) is 14.0. The van der Waals surface area contributed by atoms with Crippen LogP contribution in [0.3, 0.4) is 0 Å². The third kappa shape index (κ3) is 5.48. The number of aromatic nitrogens is 2. The number of carbonyl (C=O) groups excluding carboxylic acids is 2. The topological polar surface area (TPSA) is 67.7 Å². The summed E-state index contributed by atoms with van der Waals surface area (Å²) in [5, 5.41) is 5.26. The first-order valence-corrected chi connectivity index (χ1v) is 11.5. The van der Waals surface area contributed by atoms with Gasteiger partial charge in [0.05, 0.1) is 11.4 Å². The van der Waals surface area contributed by atoms with Crippen molar-refractivity contribution in [1.29, 1.82) is 0 Å². The van der Waals surface area contributed by atoms with E-state index in [-0.39, 0.29) is 12.5 Å². The van der Waals surface area contributed by atoms with Crippen molar-refractivity contribution < 1.29 is 14.3 Å². The summed E-state index contributed by atoms with van der Waals surface area (Å²) in [7, 11) is 0. The second-order valence-electron chi connectivity index (χ2n) is 8.12. The number of esters is 1. The Morgan fingerprint density at radius 1 is 1.00 bits per heavy atom. The summed E-state index contributed by atoms with van der Waals surface area (Å²) in [6, 6.07) is 17.5. The Hall–Kier alpha value is -3.58. The van der Waals surface area contributed by atoms with E-state index in [9.17, 15) is 9.59 Å². The maximum absolute atomic E-state index is 12.5. The average Bonchev–Trinajstić information content (AvgIpc) is 3.14. The molecule has 7 nitrogen and oxygen atoms in total. The highest BCUT2D eigenvalue weighted by Crippen LogP contribution is 2.21. The number of anilines is 1. The first kappa shape index (κ1) is 23.6. The van der Waals surface area contributed by atoms with Crippen LogP contribution in [0.1, 0.15) is 17.0 Å². The first-order valence-electron chi connectivity index (χ1n) is 11.2. The number of piperazine rings is 1. The van der Waals surface area contributed by atoms with Crippen molar-refractivity contribution >= 4 is 35.2 Å². The van der Waals surface area contributed by atoms with Gasteiger partial charge >= 0.3 is 5.97 Å². The molecule has 0 N–H and O–H groups in total. The summed E-state index contributed by atoms with van der Waals surface area (Å²) in [4.78, 5) is 28.7. The van der Waals surface area contributed by atoms with Crippen LogP contribution >= 0.6 is 11.6 Å². The average molecular weight is 479 g/mol. The van der Waals surface area contributed by atoms with E-state index in [1.807, 2.05) is 73.1 Å². The lowest BCUT2D eigenvalue weighted by molar-refractivity contribution is -0.148. The predicted octanol–water partition coefficient (Wildman–Crippen LogP) is 4.05. The molecule has 8 heteroatoms. The van der Waals surface area contributed by atoms with Gasteiger partial charge in [0.1, 0.15) is 0 Å². The minimum Gasteiger partial charge on any atom is -0.452 e. The van der Waals surface area contributed by atoms with E-state index >= 15 is 0 Å². The maximum Gasteiger partial charge on any atom is 0.331 e. The largest absolute Gasteiger partial charge is 0.452 e. The number of rotatable bonds is 6. The number of hydrogen-bond donors (Lipinski definition) is 0. The lowest BCUT2D eigenvalue weighted by Gasteiger charge is -2.36. The molecule has 3 aromatic rings. The van der Waals surface area contributed by atoms with Crippen molar-refractivity contribution in [3.05, 3.63) is 82.6 Å². The van der Waals surface area contributed by atoms with Gasteiger partial charge in [0.15, 0.2) is 6.61 Å². The van der Waals surface area contributed by atoms with E-state index in [0.717, 1.165) is 28.3 Å². The van der Waals surface area contributed by atoms with Gasteiger partial charge in [0.25, 0.3) is 5.91 Å². The van der Waals surface area contributed by atoms with Crippen LogP contribution in [-0.4, -0.2) is 59.3 Å². The van der Waals surface area contributed by atoms with Crippen LogP contribution in [0.4, 0.5) is 5.69 Å². The molecule has 0 saturated carbocycles. The zero-order chi connectivity index (χ0) is 24.1. The summed E-state index contributed by atoms with van der Waals surface area (Å²) in [6.45, 7) is 6.09. The van der Waals surface area contributed by atoms with Crippen LogP contribution in [-0.2, 0) is 14.3 Å². The Balaban J connectivity index is 1.28. The molecule has 0 atom stereocenters. The highest BCUT2D eigenvalue weighted by atomic mass is 35.5. The Bertz CT molecular complexity index is 1200. The summed E-state index contributed by atoms with van der Waals surface area (Å²) in [5.74, 6) is -0.756. The Labute approximate surface area is 204 Å². The Morgan fingerprint density at radius 3 is 2.41 bits per heavy atom. The molecule has 2 aromatic carbocycles. The van der Waals surface area contributed by atoms with Crippen LogP contribution in [0.25, 0.3) is 11.8 Å². The van der Waals surface area contributed by atoms with Gasteiger partial charge in [-0.05, 0) is 50.3 Å². The molecule has 1 aromatic heterocycles. The quantitative estimate of drug-likeness (QED) is 0.395. The first-order chi connectivity index (χ1) is 16.4. The highest BCUT2D eigenvalue weighted by Gasteiger charge is 2.22. The molecule has 0 bridgehead atoms. The maximum atomic E-state index is 12.5. The fraction of sp³-hybridized carbons (Fsp3) is 0.269. The molecular formula is C26H27ClN4O3. The molecule has 34 heavy (non-hydrogen) atoms. The molecule has 176 valence electrons. The van der Waals surface area contributed by atoms with Crippen LogP contribution in [0, 0.1) is 13.8 Å². The fourth-order valence-electron chi connectivity index (χ4n) is 4.03. The van der Waals surface area contributed by atoms with Gasteiger partial charge < -0.3 is 14.5 Å². The smallest absolute Gasteiger partial charge is 0.331 e. The predicted molar refractivity (Wildman–Crippen MR) is 133 cm³/mol. The molecular weight excluding hydrogens is 452 g/mol. The van der Waals surface area contributed by atoms with E-state index < -0.39 is 5.97 Å². The van der Waals surface area contributed by atoms with Gasteiger partial charge in [-0.15, -0.1) is 0 Å². The van der Waals surface area contributed by atoms with Crippen molar-refractivity contribution in [3.8, 4) is 5.69 Å². The van der Waals surface area contributed by atoms with Gasteiger partial charge in [-0.1, -0.05) is 35.9 Å². The third-order valence-electron chi connectivity index (χ3n) is 5.88. The minimum atomic E-state index is -0.558. The number of aryl methyl sites for hydroxylation is 1. The molecule has 1 saturated heterocycles. The number of nitrogens with zero attached hydrogens (tertiary/aromatic N) is 4. The zero-order valence-electron chi connectivity index (χ0n) is 19.3. The van der Waals surface area contributed by atoms with Crippen molar-refractivity contribution in [1.82, 2.24) is 14.7 Å². The van der Waals surface area contributed by atoms with Crippen molar-refractivity contribution in [2.45, 2.75) is 13.8 Å². The number of ether oxygens (including phenoxy) is 1. The molecule has 1 aliphatic heterocycles. The Kier molecular flexibility index (Phi) is 7.33. The number of benzene rings is 2. The van der Waals surface area contributed by atoms with Gasteiger partial charge in [-0.3, -0.25) is 4.79 Å². The summed E-state index contributed by atoms with van der Waals surface area (Å²) < 4.78 is 7.04. The van der Waals surface area contributed by atoms with E-state index in [2.05, 4.69) is 10.00 Å². The number of halogens is 1. The number of hydrogen-bond acceptors (Lipinski definition) is 5. The number of para-hydroxylation sites is 1. The fourth-order valence-corrected chi connectivity index (χ4v) is 4.21. The van der Waals surface area contributed by atoms with Crippen LogP contribution < -0.4 is 4.90 Å². The Morgan fingerprint density at radius 2 is 1.71 bits per heavy atom. The lowest BCUT2D eigenvalue weighted by Crippen LogP contribution is -2.49. The van der Waals surface area contributed by atoms with Gasteiger partial charge in [-0.25, -0.2) is 9.48 Å². The molecule has 0 unspecified atom stereocenters. The molecule has 1 fully saturated rings. The van der Waals surface area contributed by atoms with Crippen molar-refractivity contribution in [2.24, 2.45) is 0 Å². The molecule has 0 radical (unpaired) electrons. The second kappa shape index (κ2) is 10.6. The van der Waals surface area contributed by atoms with E-state index in [1.54, 1.807) is 11.0 Å². The van der Waals surface area contributed by atoms with Crippen LogP contribution in [0.5, 0.6) is 0 Å². The zero-order valence-corrected chi connectivity index (χ0v) is 20.0. The molecule has 2 heterocycles. The summed E-state index contributed by atoms with van der Waals surface area (Å²) in [5.41, 5.74) is 4.56. The summed E-state index contributed by atoms with van der Waals surface area (Å²) >= 11 is 6.08. The third-order valence-corrected chi connectivity index (χ3v) is 6.11. The molecule has 4 rings (SSSR count). The van der Waals surface area contributed by atoms with E-state index in [1.165, 1.54) is 6.08 Å². The van der Waals surface area contributed by atoms with Crippen LogP contribution in [0.15, 0.2) is 60.7 Å². The van der Waals surface area contributed by atoms with E-state index in [0.29, 0.717) is 31.2 Å². The van der Waals surface area contributed by atoms with Crippen LogP contribution in [0.2, 0.25) is 5.02 Å². The van der Waals surface area contributed by atoms with E-state index in [4.69, 9.17) is 16.3 Å². The standard InChI is InChI=1S/C26H27ClN4O3/c1-19-24(20(2)31(28-19)22-8-4-3-5-9-22)11-12-26(33)34-18-25(32)30-15-13-29(14-16-30)23-10-6-7-21(27)17-23/h3-12,17H,13-16,18H2,1-2H3/b12-11+. The van der Waals surface area contributed by atoms with Gasteiger partial charge in [0.2, 0.25) is 0 Å². The number of amides is 1. The van der Waals surface area contributed by atoms with Gasteiger partial charge in [-0.2, -0.15) is 5.10 Å². The molecule has 1 amide bonds. The molecule has 0 spiro atoms. The van der Waals surface area contributed by atoms with Crippen molar-refractivity contribution in [3.63, 3.8) is 0 Å². The lowest BCUT2D eigenvalue weighted by atomic mass is 10.2. The monoisotopic (exact) mass is 478 g/mol. The molecule has 0 aliphatic carbocycles. The number of carbonyl (C=O) groups is 2.